The Labute approximate surface area is 74.5 Å². The van der Waals surface area contributed by atoms with Crippen LogP contribution in [0, 0.1) is 0 Å². The van der Waals surface area contributed by atoms with Crippen molar-refractivity contribution in [3.63, 3.8) is 0 Å². The van der Waals surface area contributed by atoms with Gasteiger partial charge in [0.1, 0.15) is 5.65 Å². The second-order valence-corrected chi connectivity index (χ2v) is 2.91. The fraction of sp³-hybridized carbons (Fsp3) is 0.222. The van der Waals surface area contributed by atoms with Gasteiger partial charge in [0.2, 0.25) is 0 Å². The number of aromatic amines is 1. The van der Waals surface area contributed by atoms with Gasteiger partial charge >= 0.3 is 0 Å². The van der Waals surface area contributed by atoms with E-state index >= 15 is 0 Å². The number of fused-ring (bicyclic) bond motifs is 1. The van der Waals surface area contributed by atoms with Gasteiger partial charge < -0.3 is 14.5 Å². The molecule has 4 nitrogen and oxygen atoms in total. The molecule has 0 saturated heterocycles. The van der Waals surface area contributed by atoms with Crippen molar-refractivity contribution in [3.05, 3.63) is 40.4 Å². The number of aromatic nitrogens is 2. The quantitative estimate of drug-likeness (QED) is 0.688. The monoisotopic (exact) mass is 178 g/mol. The van der Waals surface area contributed by atoms with Gasteiger partial charge in [0.05, 0.1) is 0 Å². The van der Waals surface area contributed by atoms with Crippen molar-refractivity contribution in [3.8, 4) is 0 Å². The van der Waals surface area contributed by atoms with Crippen LogP contribution < -0.4 is 5.43 Å². The lowest BCUT2D eigenvalue weighted by molar-refractivity contribution is 0.298. The molecule has 0 amide bonds. The molecule has 0 aliphatic heterocycles. The van der Waals surface area contributed by atoms with Gasteiger partial charge in [0.15, 0.2) is 5.43 Å². The lowest BCUT2D eigenvalue weighted by Crippen LogP contribution is -1.97. The molecule has 0 aliphatic carbocycles. The molecule has 13 heavy (non-hydrogen) atoms. The summed E-state index contributed by atoms with van der Waals surface area (Å²) in [5.41, 5.74) is 1.67. The minimum Gasteiger partial charge on any atom is -0.396 e. The Bertz CT molecular complexity index is 470. The van der Waals surface area contributed by atoms with Crippen LogP contribution in [0.25, 0.3) is 5.65 Å². The van der Waals surface area contributed by atoms with Crippen molar-refractivity contribution in [2.45, 2.75) is 6.42 Å². The number of nitrogens with one attached hydrogen (secondary N) is 1. The van der Waals surface area contributed by atoms with Crippen LogP contribution >= 0.6 is 0 Å². The lowest BCUT2D eigenvalue weighted by atomic mass is 10.4. The highest BCUT2D eigenvalue weighted by molar-refractivity contribution is 5.39. The summed E-state index contributed by atoms with van der Waals surface area (Å²) in [6.45, 7) is 0.109. The van der Waals surface area contributed by atoms with Gasteiger partial charge in [-0.05, 0) is 0 Å². The molecule has 0 unspecified atom stereocenters. The van der Waals surface area contributed by atoms with Crippen molar-refractivity contribution in [2.75, 3.05) is 6.61 Å². The van der Waals surface area contributed by atoms with E-state index in [4.69, 9.17) is 5.11 Å². The highest BCUT2D eigenvalue weighted by Crippen LogP contribution is 2.02. The molecule has 0 radical (unpaired) electrons. The van der Waals surface area contributed by atoms with Gasteiger partial charge in [-0.3, -0.25) is 4.79 Å². The number of aliphatic hydroxyl groups is 1. The first-order chi connectivity index (χ1) is 6.29. The molecule has 0 atom stereocenters. The predicted molar refractivity (Wildman–Crippen MR) is 48.8 cm³/mol. The first kappa shape index (κ1) is 8.07. The summed E-state index contributed by atoms with van der Waals surface area (Å²) in [4.78, 5) is 14.0. The molecule has 0 aromatic carbocycles. The Morgan fingerprint density at radius 2 is 2.38 bits per heavy atom. The molecule has 2 aromatic rings. The van der Waals surface area contributed by atoms with E-state index in [1.165, 1.54) is 12.1 Å². The minimum absolute atomic E-state index is 0.0163. The molecule has 0 bridgehead atoms. The van der Waals surface area contributed by atoms with Crippen LogP contribution in [0.1, 0.15) is 5.69 Å². The number of aliphatic hydroxyl groups excluding tert-OH is 1. The maximum atomic E-state index is 11.0. The van der Waals surface area contributed by atoms with Crippen LogP contribution in [-0.4, -0.2) is 21.1 Å². The van der Waals surface area contributed by atoms with Crippen LogP contribution in [0.3, 0.4) is 0 Å². The Morgan fingerprint density at radius 3 is 3.15 bits per heavy atom. The van der Waals surface area contributed by atoms with Crippen LogP contribution in [0.2, 0.25) is 0 Å². The van der Waals surface area contributed by atoms with E-state index in [-0.39, 0.29) is 12.0 Å². The summed E-state index contributed by atoms with van der Waals surface area (Å²) < 4.78 is 1.83. The molecule has 2 aromatic heterocycles. The van der Waals surface area contributed by atoms with Gasteiger partial charge in [-0.2, -0.15) is 0 Å². The van der Waals surface area contributed by atoms with E-state index in [2.05, 4.69) is 4.98 Å². The Balaban J connectivity index is 2.55. The Kier molecular flexibility index (Phi) is 1.90. The first-order valence-corrected chi connectivity index (χ1v) is 4.10. The largest absolute Gasteiger partial charge is 0.396 e. The average molecular weight is 178 g/mol. The smallest absolute Gasteiger partial charge is 0.183 e. The van der Waals surface area contributed by atoms with Gasteiger partial charge in [-0.15, -0.1) is 0 Å². The third-order valence-corrected chi connectivity index (χ3v) is 1.92. The standard InChI is InChI=1S/C9H10N2O2/c12-4-2-7-6-11-3-1-8(13)5-9(11)10-7/h1,3,5-6,10,12H,2,4H2. The molecule has 0 saturated carbocycles. The Morgan fingerprint density at radius 1 is 1.54 bits per heavy atom. The molecule has 2 rings (SSSR count). The van der Waals surface area contributed by atoms with E-state index in [0.717, 1.165) is 11.3 Å². The zero-order chi connectivity index (χ0) is 9.26. The highest BCUT2D eigenvalue weighted by atomic mass is 16.3. The van der Waals surface area contributed by atoms with Crippen molar-refractivity contribution in [1.29, 1.82) is 0 Å². The summed E-state index contributed by atoms with van der Waals surface area (Å²) in [5, 5.41) is 8.71. The third-order valence-electron chi connectivity index (χ3n) is 1.92. The molecule has 4 heteroatoms. The maximum Gasteiger partial charge on any atom is 0.183 e. The number of imidazole rings is 1. The summed E-state index contributed by atoms with van der Waals surface area (Å²) in [6.07, 6.45) is 4.15. The lowest BCUT2D eigenvalue weighted by Gasteiger charge is -1.87. The van der Waals surface area contributed by atoms with Crippen molar-refractivity contribution in [1.82, 2.24) is 9.38 Å². The van der Waals surface area contributed by atoms with Crippen LogP contribution in [0.5, 0.6) is 0 Å². The highest BCUT2D eigenvalue weighted by Gasteiger charge is 1.98. The normalized spacial score (nSPS) is 10.8. The predicted octanol–water partition coefficient (Wildman–Crippen LogP) is 0.162. The minimum atomic E-state index is -0.0163. The second kappa shape index (κ2) is 3.06. The summed E-state index contributed by atoms with van der Waals surface area (Å²) in [7, 11) is 0. The van der Waals surface area contributed by atoms with Crippen molar-refractivity contribution < 1.29 is 5.11 Å². The van der Waals surface area contributed by atoms with E-state index in [0.29, 0.717) is 6.42 Å². The fourth-order valence-electron chi connectivity index (χ4n) is 1.32. The molecule has 68 valence electrons. The first-order valence-electron chi connectivity index (χ1n) is 4.10. The van der Waals surface area contributed by atoms with E-state index in [9.17, 15) is 4.79 Å². The fourth-order valence-corrected chi connectivity index (χ4v) is 1.32. The molecule has 0 fully saturated rings. The van der Waals surface area contributed by atoms with Gasteiger partial charge in [-0.25, -0.2) is 0 Å². The maximum absolute atomic E-state index is 11.0. The molecule has 2 N–H and O–H groups in total. The van der Waals surface area contributed by atoms with Gasteiger partial charge in [0, 0.05) is 43.2 Å². The summed E-state index contributed by atoms with van der Waals surface area (Å²) in [5.74, 6) is 0. The van der Waals surface area contributed by atoms with E-state index in [1.807, 2.05) is 10.6 Å². The average Bonchev–Trinajstić information content (AvgIpc) is 2.46. The molecule has 0 aliphatic rings. The van der Waals surface area contributed by atoms with Crippen LogP contribution in [-0.2, 0) is 6.42 Å². The van der Waals surface area contributed by atoms with E-state index < -0.39 is 0 Å². The number of nitrogens with zero attached hydrogens (tertiary/aromatic N) is 1. The zero-order valence-corrected chi connectivity index (χ0v) is 7.03. The molecule has 0 spiro atoms. The zero-order valence-electron chi connectivity index (χ0n) is 7.03. The summed E-state index contributed by atoms with van der Waals surface area (Å²) >= 11 is 0. The second-order valence-electron chi connectivity index (χ2n) is 2.91. The van der Waals surface area contributed by atoms with Crippen LogP contribution in [0.15, 0.2) is 29.3 Å². The number of H-pyrrole nitrogens is 1. The van der Waals surface area contributed by atoms with Gasteiger partial charge in [0.25, 0.3) is 0 Å². The van der Waals surface area contributed by atoms with Gasteiger partial charge in [-0.1, -0.05) is 0 Å². The number of rotatable bonds is 2. The topological polar surface area (TPSA) is 57.5 Å². The third kappa shape index (κ3) is 1.48. The number of pyridine rings is 1. The molecule has 2 heterocycles. The number of hydrogen-bond acceptors (Lipinski definition) is 2. The van der Waals surface area contributed by atoms with Crippen molar-refractivity contribution >= 4 is 5.65 Å². The summed E-state index contributed by atoms with van der Waals surface area (Å²) in [6, 6.07) is 3.03. The molecular formula is C9H10N2O2. The Hall–Kier alpha value is -1.55. The SMILES string of the molecule is O=c1ccn2cc(CCO)[nH]c2c1. The van der Waals surface area contributed by atoms with Crippen LogP contribution in [0.4, 0.5) is 0 Å². The molecular weight excluding hydrogens is 168 g/mol. The number of hydrogen-bond donors (Lipinski definition) is 2. The van der Waals surface area contributed by atoms with E-state index in [1.54, 1.807) is 6.20 Å². The van der Waals surface area contributed by atoms with Crippen molar-refractivity contribution in [2.24, 2.45) is 0 Å².